The minimum absolute atomic E-state index is 0.0503. The van der Waals surface area contributed by atoms with Crippen molar-refractivity contribution in [1.82, 2.24) is 4.98 Å². The standard InChI is InChI=1S/C12H9ClN4O4/c13-7-3-4-8(17(19)20)10(6-7)21-9-2-1-5-15-11(9)12(14)16-18/h1-6,18H,(H2,14,16). The summed E-state index contributed by atoms with van der Waals surface area (Å²) in [6, 6.07) is 6.91. The van der Waals surface area contributed by atoms with Crippen LogP contribution in [0.25, 0.3) is 0 Å². The Balaban J connectivity index is 2.48. The van der Waals surface area contributed by atoms with Crippen molar-refractivity contribution in [2.45, 2.75) is 0 Å². The van der Waals surface area contributed by atoms with Crippen LogP contribution >= 0.6 is 11.6 Å². The fourth-order valence-electron chi connectivity index (χ4n) is 1.55. The second-order valence-corrected chi connectivity index (χ2v) is 4.24. The van der Waals surface area contributed by atoms with Crippen molar-refractivity contribution in [2.24, 2.45) is 10.9 Å². The molecule has 0 saturated carbocycles. The van der Waals surface area contributed by atoms with Crippen LogP contribution in [0.5, 0.6) is 11.5 Å². The van der Waals surface area contributed by atoms with Crippen LogP contribution in [-0.4, -0.2) is 21.0 Å². The minimum Gasteiger partial charge on any atom is -0.448 e. The number of nitro benzene ring substituents is 1. The molecule has 3 N–H and O–H groups in total. The van der Waals surface area contributed by atoms with Gasteiger partial charge in [-0.15, -0.1) is 0 Å². The lowest BCUT2D eigenvalue weighted by molar-refractivity contribution is -0.385. The molecule has 2 aromatic rings. The Morgan fingerprint density at radius 1 is 1.43 bits per heavy atom. The molecule has 2 rings (SSSR count). The number of amidine groups is 1. The Bertz CT molecular complexity index is 720. The van der Waals surface area contributed by atoms with Crippen molar-refractivity contribution in [3.05, 3.63) is 57.4 Å². The smallest absolute Gasteiger partial charge is 0.311 e. The first-order valence-corrected chi connectivity index (χ1v) is 5.95. The zero-order chi connectivity index (χ0) is 15.4. The third kappa shape index (κ3) is 3.18. The normalized spacial score (nSPS) is 11.2. The largest absolute Gasteiger partial charge is 0.448 e. The number of nitrogens with zero attached hydrogens (tertiary/aromatic N) is 3. The molecule has 0 spiro atoms. The summed E-state index contributed by atoms with van der Waals surface area (Å²) in [5, 5.41) is 22.8. The molecule has 8 nitrogen and oxygen atoms in total. The van der Waals surface area contributed by atoms with Crippen LogP contribution in [0.15, 0.2) is 41.7 Å². The number of hydrogen-bond acceptors (Lipinski definition) is 6. The molecule has 0 aliphatic heterocycles. The molecule has 1 aromatic heterocycles. The average Bonchev–Trinajstić information content (AvgIpc) is 2.47. The van der Waals surface area contributed by atoms with Crippen LogP contribution in [-0.2, 0) is 0 Å². The van der Waals surface area contributed by atoms with Crippen molar-refractivity contribution in [1.29, 1.82) is 0 Å². The number of hydrogen-bond donors (Lipinski definition) is 2. The van der Waals surface area contributed by atoms with E-state index < -0.39 is 4.92 Å². The van der Waals surface area contributed by atoms with Gasteiger partial charge in [-0.05, 0) is 18.2 Å². The van der Waals surface area contributed by atoms with Crippen molar-refractivity contribution in [3.63, 3.8) is 0 Å². The van der Waals surface area contributed by atoms with E-state index in [2.05, 4.69) is 10.1 Å². The summed E-state index contributed by atoms with van der Waals surface area (Å²) in [7, 11) is 0. The van der Waals surface area contributed by atoms with Gasteiger partial charge in [-0.25, -0.2) is 4.98 Å². The van der Waals surface area contributed by atoms with Gasteiger partial charge in [0.1, 0.15) is 0 Å². The SMILES string of the molecule is N/C(=N/O)c1ncccc1Oc1cc(Cl)ccc1[N+](=O)[O-]. The van der Waals surface area contributed by atoms with Crippen LogP contribution in [0, 0.1) is 10.1 Å². The molecule has 0 radical (unpaired) electrons. The summed E-state index contributed by atoms with van der Waals surface area (Å²) < 4.78 is 5.45. The lowest BCUT2D eigenvalue weighted by Crippen LogP contribution is -2.16. The van der Waals surface area contributed by atoms with Gasteiger partial charge in [0, 0.05) is 23.4 Å². The first kappa shape index (κ1) is 14.5. The number of nitrogens with two attached hydrogens (primary N) is 1. The maximum Gasteiger partial charge on any atom is 0.311 e. The number of pyridine rings is 1. The third-order valence-corrected chi connectivity index (χ3v) is 2.69. The zero-order valence-electron chi connectivity index (χ0n) is 10.4. The number of ether oxygens (including phenoxy) is 1. The molecule has 0 fully saturated rings. The molecule has 0 aliphatic carbocycles. The van der Waals surface area contributed by atoms with Crippen molar-refractivity contribution < 1.29 is 14.9 Å². The lowest BCUT2D eigenvalue weighted by atomic mass is 10.2. The first-order chi connectivity index (χ1) is 10.0. The van der Waals surface area contributed by atoms with E-state index in [1.54, 1.807) is 6.07 Å². The molecule has 21 heavy (non-hydrogen) atoms. The highest BCUT2D eigenvalue weighted by Gasteiger charge is 2.18. The van der Waals surface area contributed by atoms with Gasteiger partial charge in [-0.3, -0.25) is 10.1 Å². The molecule has 0 bridgehead atoms. The number of benzene rings is 1. The monoisotopic (exact) mass is 308 g/mol. The molecule has 108 valence electrons. The summed E-state index contributed by atoms with van der Waals surface area (Å²) >= 11 is 5.81. The van der Waals surface area contributed by atoms with E-state index in [0.29, 0.717) is 0 Å². The number of nitro groups is 1. The van der Waals surface area contributed by atoms with Crippen LogP contribution in [0.2, 0.25) is 5.02 Å². The van der Waals surface area contributed by atoms with E-state index in [-0.39, 0.29) is 33.7 Å². The molecule has 9 heteroatoms. The minimum atomic E-state index is -0.606. The summed E-state index contributed by atoms with van der Waals surface area (Å²) in [5.74, 6) is -0.263. The fourth-order valence-corrected chi connectivity index (χ4v) is 1.71. The molecule has 0 unspecified atom stereocenters. The Hall–Kier alpha value is -2.87. The topological polar surface area (TPSA) is 124 Å². The molecule has 0 saturated heterocycles. The van der Waals surface area contributed by atoms with Crippen LogP contribution < -0.4 is 10.5 Å². The van der Waals surface area contributed by atoms with Gasteiger partial charge in [0.15, 0.2) is 17.3 Å². The molecule has 0 amide bonds. The van der Waals surface area contributed by atoms with Gasteiger partial charge < -0.3 is 15.7 Å². The highest BCUT2D eigenvalue weighted by Crippen LogP contribution is 2.34. The Morgan fingerprint density at radius 3 is 2.86 bits per heavy atom. The summed E-state index contributed by atoms with van der Waals surface area (Å²) in [5.41, 5.74) is 5.25. The van der Waals surface area contributed by atoms with E-state index in [0.717, 1.165) is 0 Å². The number of halogens is 1. The number of rotatable bonds is 4. The maximum absolute atomic E-state index is 11.0. The third-order valence-electron chi connectivity index (χ3n) is 2.46. The summed E-state index contributed by atoms with van der Waals surface area (Å²) in [4.78, 5) is 14.3. The predicted octanol–water partition coefficient (Wildman–Crippen LogP) is 2.53. The van der Waals surface area contributed by atoms with E-state index >= 15 is 0 Å². The average molecular weight is 309 g/mol. The Kier molecular flexibility index (Phi) is 4.19. The summed E-state index contributed by atoms with van der Waals surface area (Å²) in [6.07, 6.45) is 1.41. The molecule has 1 aromatic carbocycles. The zero-order valence-corrected chi connectivity index (χ0v) is 11.2. The predicted molar refractivity (Wildman–Crippen MR) is 74.9 cm³/mol. The van der Waals surface area contributed by atoms with Gasteiger partial charge in [-0.2, -0.15) is 0 Å². The second kappa shape index (κ2) is 6.06. The fraction of sp³-hybridized carbons (Fsp3) is 0. The van der Waals surface area contributed by atoms with Gasteiger partial charge in [0.2, 0.25) is 5.75 Å². The van der Waals surface area contributed by atoms with Crippen molar-refractivity contribution in [2.75, 3.05) is 0 Å². The number of aromatic nitrogens is 1. The van der Waals surface area contributed by atoms with Crippen molar-refractivity contribution in [3.8, 4) is 11.5 Å². The maximum atomic E-state index is 11.0. The molecule has 0 aliphatic rings. The van der Waals surface area contributed by atoms with Gasteiger partial charge >= 0.3 is 5.69 Å². The van der Waals surface area contributed by atoms with E-state index in [4.69, 9.17) is 27.3 Å². The van der Waals surface area contributed by atoms with E-state index in [9.17, 15) is 10.1 Å². The lowest BCUT2D eigenvalue weighted by Gasteiger charge is -2.09. The molecular formula is C12H9ClN4O4. The van der Waals surface area contributed by atoms with Crippen LogP contribution in [0.1, 0.15) is 5.69 Å². The van der Waals surface area contributed by atoms with Gasteiger partial charge in [0.05, 0.1) is 4.92 Å². The van der Waals surface area contributed by atoms with E-state index in [1.807, 2.05) is 0 Å². The number of oxime groups is 1. The van der Waals surface area contributed by atoms with Gasteiger partial charge in [-0.1, -0.05) is 16.8 Å². The molecular weight excluding hydrogens is 300 g/mol. The Morgan fingerprint density at radius 2 is 2.19 bits per heavy atom. The molecule has 0 atom stereocenters. The summed E-state index contributed by atoms with van der Waals surface area (Å²) in [6.45, 7) is 0. The van der Waals surface area contributed by atoms with E-state index in [1.165, 1.54) is 30.5 Å². The first-order valence-electron chi connectivity index (χ1n) is 5.57. The van der Waals surface area contributed by atoms with Gasteiger partial charge in [0.25, 0.3) is 0 Å². The molecule has 1 heterocycles. The second-order valence-electron chi connectivity index (χ2n) is 3.81. The van der Waals surface area contributed by atoms with Crippen molar-refractivity contribution >= 4 is 23.1 Å². The van der Waals surface area contributed by atoms with Crippen LogP contribution in [0.4, 0.5) is 5.69 Å². The highest BCUT2D eigenvalue weighted by atomic mass is 35.5. The van der Waals surface area contributed by atoms with Crippen LogP contribution in [0.3, 0.4) is 0 Å². The Labute approximate surface area is 123 Å². The highest BCUT2D eigenvalue weighted by molar-refractivity contribution is 6.30. The quantitative estimate of drug-likeness (QED) is 0.294.